The average Bonchev–Trinajstić information content (AvgIpc) is 3.02. The molecule has 1 aromatic rings. The maximum atomic E-state index is 12.5. The zero-order valence-corrected chi connectivity index (χ0v) is 13.6. The van der Waals surface area contributed by atoms with Gasteiger partial charge in [0.05, 0.1) is 6.10 Å². The minimum absolute atomic E-state index is 0.0561. The number of benzene rings is 1. The fraction of sp³-hybridized carbons (Fsp3) is 0.556. The summed E-state index contributed by atoms with van der Waals surface area (Å²) in [5.41, 5.74) is 1.44. The number of nitrogens with zero attached hydrogens (tertiary/aromatic N) is 1. The molecular formula is C18H24N2O3. The SMILES string of the molecule is COC1CCC(NC(=O)c2cccc(N3CCCC3=O)c2)CC1. The largest absolute Gasteiger partial charge is 0.381 e. The van der Waals surface area contributed by atoms with Gasteiger partial charge in [-0.05, 0) is 50.3 Å². The Labute approximate surface area is 137 Å². The first-order chi connectivity index (χ1) is 11.2. The number of rotatable bonds is 4. The van der Waals surface area contributed by atoms with Crippen molar-refractivity contribution < 1.29 is 14.3 Å². The first kappa shape index (κ1) is 16.0. The molecule has 2 aliphatic rings. The Morgan fingerprint density at radius 1 is 1.26 bits per heavy atom. The highest BCUT2D eigenvalue weighted by Gasteiger charge is 2.24. The van der Waals surface area contributed by atoms with Gasteiger partial charge in [0.1, 0.15) is 0 Å². The Bertz CT molecular complexity index is 579. The summed E-state index contributed by atoms with van der Waals surface area (Å²) >= 11 is 0. The predicted octanol–water partition coefficient (Wildman–Crippen LogP) is 2.50. The van der Waals surface area contributed by atoms with Crippen molar-refractivity contribution in [3.63, 3.8) is 0 Å². The van der Waals surface area contributed by atoms with E-state index in [2.05, 4.69) is 5.32 Å². The van der Waals surface area contributed by atoms with Gasteiger partial charge in [0.2, 0.25) is 5.91 Å². The maximum Gasteiger partial charge on any atom is 0.251 e. The molecule has 0 radical (unpaired) electrons. The molecule has 1 saturated heterocycles. The van der Waals surface area contributed by atoms with Gasteiger partial charge < -0.3 is 15.0 Å². The van der Waals surface area contributed by atoms with E-state index in [1.54, 1.807) is 18.1 Å². The molecule has 0 aromatic heterocycles. The summed E-state index contributed by atoms with van der Waals surface area (Å²) in [5, 5.41) is 3.11. The van der Waals surface area contributed by atoms with Crippen LogP contribution in [0, 0.1) is 0 Å². The zero-order chi connectivity index (χ0) is 16.2. The van der Waals surface area contributed by atoms with E-state index < -0.39 is 0 Å². The predicted molar refractivity (Wildman–Crippen MR) is 88.5 cm³/mol. The third kappa shape index (κ3) is 3.72. The lowest BCUT2D eigenvalue weighted by Crippen LogP contribution is -2.39. The Hall–Kier alpha value is -1.88. The van der Waals surface area contributed by atoms with Gasteiger partial charge in [0, 0.05) is 37.4 Å². The summed E-state index contributed by atoms with van der Waals surface area (Å²) in [5.74, 6) is 0.0832. The van der Waals surface area contributed by atoms with E-state index in [0.717, 1.165) is 44.3 Å². The molecule has 2 amide bonds. The van der Waals surface area contributed by atoms with Gasteiger partial charge >= 0.3 is 0 Å². The van der Waals surface area contributed by atoms with Crippen LogP contribution >= 0.6 is 0 Å². The quantitative estimate of drug-likeness (QED) is 0.928. The van der Waals surface area contributed by atoms with Crippen LogP contribution < -0.4 is 10.2 Å². The fourth-order valence-corrected chi connectivity index (χ4v) is 3.45. The van der Waals surface area contributed by atoms with Gasteiger partial charge in [-0.15, -0.1) is 0 Å². The standard InChI is InChI=1S/C18H24N2O3/c1-23-16-9-7-14(8-10-16)19-18(22)13-4-2-5-15(12-13)20-11-3-6-17(20)21/h2,4-5,12,14,16H,3,6-11H2,1H3,(H,19,22). The second-order valence-corrected chi connectivity index (χ2v) is 6.38. The van der Waals surface area contributed by atoms with Crippen molar-refractivity contribution in [3.05, 3.63) is 29.8 Å². The van der Waals surface area contributed by atoms with E-state index in [4.69, 9.17) is 4.74 Å². The van der Waals surface area contributed by atoms with Gasteiger partial charge in [0.25, 0.3) is 5.91 Å². The van der Waals surface area contributed by atoms with E-state index in [-0.39, 0.29) is 17.9 Å². The molecule has 5 heteroatoms. The Kier molecular flexibility index (Phi) is 4.96. The number of carbonyl (C=O) groups is 2. The summed E-state index contributed by atoms with van der Waals surface area (Å²) in [6, 6.07) is 7.58. The molecule has 2 fully saturated rings. The normalized spacial score (nSPS) is 24.7. The minimum atomic E-state index is -0.0561. The molecule has 124 valence electrons. The molecule has 0 bridgehead atoms. The molecule has 3 rings (SSSR count). The minimum Gasteiger partial charge on any atom is -0.381 e. The Balaban J connectivity index is 1.62. The van der Waals surface area contributed by atoms with E-state index in [1.165, 1.54) is 0 Å². The van der Waals surface area contributed by atoms with Crippen molar-refractivity contribution >= 4 is 17.5 Å². The van der Waals surface area contributed by atoms with Crippen LogP contribution in [-0.4, -0.2) is 37.6 Å². The Morgan fingerprint density at radius 3 is 2.70 bits per heavy atom. The van der Waals surface area contributed by atoms with Crippen LogP contribution in [0.15, 0.2) is 24.3 Å². The fourth-order valence-electron chi connectivity index (χ4n) is 3.45. The smallest absolute Gasteiger partial charge is 0.251 e. The number of hydrogen-bond donors (Lipinski definition) is 1. The van der Waals surface area contributed by atoms with Crippen LogP contribution in [0.3, 0.4) is 0 Å². The van der Waals surface area contributed by atoms with Crippen molar-refractivity contribution in [2.24, 2.45) is 0 Å². The van der Waals surface area contributed by atoms with Gasteiger partial charge in [-0.1, -0.05) is 6.07 Å². The number of ether oxygens (including phenoxy) is 1. The first-order valence-corrected chi connectivity index (χ1v) is 8.41. The van der Waals surface area contributed by atoms with Gasteiger partial charge in [0.15, 0.2) is 0 Å². The zero-order valence-electron chi connectivity index (χ0n) is 13.6. The number of anilines is 1. The van der Waals surface area contributed by atoms with Gasteiger partial charge in [-0.2, -0.15) is 0 Å². The average molecular weight is 316 g/mol. The van der Waals surface area contributed by atoms with Crippen LogP contribution in [0.5, 0.6) is 0 Å². The number of nitrogens with one attached hydrogen (secondary N) is 1. The van der Waals surface area contributed by atoms with Crippen molar-refractivity contribution in [2.75, 3.05) is 18.6 Å². The highest BCUT2D eigenvalue weighted by atomic mass is 16.5. The van der Waals surface area contributed by atoms with Gasteiger partial charge in [-0.25, -0.2) is 0 Å². The van der Waals surface area contributed by atoms with E-state index in [9.17, 15) is 9.59 Å². The number of methoxy groups -OCH3 is 1. The second kappa shape index (κ2) is 7.13. The molecule has 1 aliphatic heterocycles. The van der Waals surface area contributed by atoms with Crippen molar-refractivity contribution in [2.45, 2.75) is 50.7 Å². The highest BCUT2D eigenvalue weighted by Crippen LogP contribution is 2.23. The van der Waals surface area contributed by atoms with E-state index in [1.807, 2.05) is 18.2 Å². The molecule has 23 heavy (non-hydrogen) atoms. The number of amides is 2. The summed E-state index contributed by atoms with van der Waals surface area (Å²) in [6.07, 6.45) is 5.70. The lowest BCUT2D eigenvalue weighted by atomic mass is 9.93. The van der Waals surface area contributed by atoms with Crippen LogP contribution in [0.2, 0.25) is 0 Å². The van der Waals surface area contributed by atoms with Crippen LogP contribution in [0.4, 0.5) is 5.69 Å². The van der Waals surface area contributed by atoms with E-state index >= 15 is 0 Å². The maximum absolute atomic E-state index is 12.5. The van der Waals surface area contributed by atoms with Crippen molar-refractivity contribution in [3.8, 4) is 0 Å². The summed E-state index contributed by atoms with van der Waals surface area (Å²) < 4.78 is 5.36. The molecule has 0 unspecified atom stereocenters. The highest BCUT2D eigenvalue weighted by molar-refractivity contribution is 5.99. The lowest BCUT2D eigenvalue weighted by molar-refractivity contribution is -0.117. The third-order valence-electron chi connectivity index (χ3n) is 4.84. The van der Waals surface area contributed by atoms with Crippen LogP contribution in [-0.2, 0) is 9.53 Å². The molecule has 1 aliphatic carbocycles. The van der Waals surface area contributed by atoms with Crippen LogP contribution in [0.1, 0.15) is 48.9 Å². The second-order valence-electron chi connectivity index (χ2n) is 6.38. The molecule has 1 heterocycles. The lowest BCUT2D eigenvalue weighted by Gasteiger charge is -2.28. The van der Waals surface area contributed by atoms with Crippen LogP contribution in [0.25, 0.3) is 0 Å². The van der Waals surface area contributed by atoms with Crippen molar-refractivity contribution in [1.29, 1.82) is 0 Å². The van der Waals surface area contributed by atoms with Gasteiger partial charge in [-0.3, -0.25) is 9.59 Å². The summed E-state index contributed by atoms with van der Waals surface area (Å²) in [4.78, 5) is 26.1. The number of hydrogen-bond acceptors (Lipinski definition) is 3. The third-order valence-corrected chi connectivity index (χ3v) is 4.84. The molecule has 0 spiro atoms. The molecular weight excluding hydrogens is 292 g/mol. The first-order valence-electron chi connectivity index (χ1n) is 8.41. The molecule has 1 saturated carbocycles. The molecule has 5 nitrogen and oxygen atoms in total. The molecule has 1 aromatic carbocycles. The monoisotopic (exact) mass is 316 g/mol. The summed E-state index contributed by atoms with van der Waals surface area (Å²) in [7, 11) is 1.74. The molecule has 1 N–H and O–H groups in total. The van der Waals surface area contributed by atoms with Crippen molar-refractivity contribution in [1.82, 2.24) is 5.32 Å². The summed E-state index contributed by atoms with van der Waals surface area (Å²) in [6.45, 7) is 0.741. The molecule has 0 atom stereocenters. The number of carbonyl (C=O) groups excluding carboxylic acids is 2. The van der Waals surface area contributed by atoms with E-state index in [0.29, 0.717) is 18.1 Å². The Morgan fingerprint density at radius 2 is 2.04 bits per heavy atom. The topological polar surface area (TPSA) is 58.6 Å².